The third-order valence-corrected chi connectivity index (χ3v) is 2.66. The van der Waals surface area contributed by atoms with E-state index in [0.29, 0.717) is 17.2 Å². The van der Waals surface area contributed by atoms with Crippen molar-refractivity contribution in [2.45, 2.75) is 13.0 Å². The molecule has 0 aliphatic carbocycles. The number of hydrogen-bond donors (Lipinski definition) is 1. The van der Waals surface area contributed by atoms with Crippen LogP contribution in [0.2, 0.25) is 0 Å². The number of hydrogen-bond acceptors (Lipinski definition) is 5. The van der Waals surface area contributed by atoms with Gasteiger partial charge in [-0.05, 0) is 19.1 Å². The van der Waals surface area contributed by atoms with Gasteiger partial charge in [-0.3, -0.25) is 0 Å². The van der Waals surface area contributed by atoms with Crippen molar-refractivity contribution in [2.75, 3.05) is 14.2 Å². The second-order valence-corrected chi connectivity index (χ2v) is 3.97. The van der Waals surface area contributed by atoms with E-state index in [1.807, 2.05) is 25.1 Å². The highest BCUT2D eigenvalue weighted by Gasteiger charge is 2.14. The van der Waals surface area contributed by atoms with E-state index in [2.05, 4.69) is 5.16 Å². The molecule has 1 unspecified atom stereocenters. The van der Waals surface area contributed by atoms with Crippen LogP contribution in [-0.2, 0) is 0 Å². The first kappa shape index (κ1) is 12.4. The Kier molecular flexibility index (Phi) is 3.53. The zero-order valence-electron chi connectivity index (χ0n) is 10.6. The van der Waals surface area contributed by atoms with Crippen LogP contribution in [-0.4, -0.2) is 19.4 Å². The van der Waals surface area contributed by atoms with Gasteiger partial charge >= 0.3 is 0 Å². The van der Waals surface area contributed by atoms with E-state index in [1.165, 1.54) is 0 Å². The molecule has 1 atom stereocenters. The van der Waals surface area contributed by atoms with Crippen LogP contribution in [0.25, 0.3) is 11.3 Å². The van der Waals surface area contributed by atoms with Crippen molar-refractivity contribution in [3.63, 3.8) is 0 Å². The normalized spacial score (nSPS) is 12.2. The molecule has 0 spiro atoms. The molecule has 1 aromatic heterocycles. The molecule has 2 aromatic rings. The Morgan fingerprint density at radius 3 is 2.56 bits per heavy atom. The maximum atomic E-state index is 5.74. The Hall–Kier alpha value is -2.01. The van der Waals surface area contributed by atoms with Gasteiger partial charge in [0.2, 0.25) is 0 Å². The van der Waals surface area contributed by atoms with Crippen LogP contribution in [0.1, 0.15) is 18.7 Å². The Balaban J connectivity index is 2.42. The third kappa shape index (κ3) is 2.31. The van der Waals surface area contributed by atoms with Gasteiger partial charge in [-0.25, -0.2) is 0 Å². The minimum atomic E-state index is -0.185. The standard InChI is InChI=1S/C13H16N2O3/c1-8(14)12-7-11(15-18-12)10-5-4-9(16-2)6-13(10)17-3/h4-8H,14H2,1-3H3. The number of aromatic nitrogens is 1. The summed E-state index contributed by atoms with van der Waals surface area (Å²) in [5.41, 5.74) is 7.27. The van der Waals surface area contributed by atoms with Crippen LogP contribution in [0.5, 0.6) is 11.5 Å². The molecule has 0 saturated heterocycles. The van der Waals surface area contributed by atoms with Crippen LogP contribution in [0.15, 0.2) is 28.8 Å². The van der Waals surface area contributed by atoms with E-state index >= 15 is 0 Å². The molecule has 0 aliphatic heterocycles. The average molecular weight is 248 g/mol. The van der Waals surface area contributed by atoms with Crippen LogP contribution < -0.4 is 15.2 Å². The summed E-state index contributed by atoms with van der Waals surface area (Å²) in [4.78, 5) is 0. The molecular weight excluding hydrogens is 232 g/mol. The molecule has 5 nitrogen and oxygen atoms in total. The lowest BCUT2D eigenvalue weighted by Crippen LogP contribution is -2.02. The van der Waals surface area contributed by atoms with E-state index in [4.69, 9.17) is 19.7 Å². The zero-order valence-corrected chi connectivity index (χ0v) is 10.6. The summed E-state index contributed by atoms with van der Waals surface area (Å²) in [5.74, 6) is 2.05. The maximum absolute atomic E-state index is 5.74. The van der Waals surface area contributed by atoms with Crippen molar-refractivity contribution in [3.05, 3.63) is 30.0 Å². The van der Waals surface area contributed by atoms with Gasteiger partial charge in [-0.15, -0.1) is 0 Å². The number of nitrogens with two attached hydrogens (primary N) is 1. The summed E-state index contributed by atoms with van der Waals surface area (Å²) in [6.07, 6.45) is 0. The van der Waals surface area contributed by atoms with E-state index in [0.717, 1.165) is 11.3 Å². The summed E-state index contributed by atoms with van der Waals surface area (Å²) >= 11 is 0. The summed E-state index contributed by atoms with van der Waals surface area (Å²) in [6.45, 7) is 1.84. The van der Waals surface area contributed by atoms with E-state index in [-0.39, 0.29) is 6.04 Å². The number of benzene rings is 1. The van der Waals surface area contributed by atoms with Crippen LogP contribution in [0, 0.1) is 0 Å². The van der Waals surface area contributed by atoms with Gasteiger partial charge in [0.15, 0.2) is 5.76 Å². The lowest BCUT2D eigenvalue weighted by atomic mass is 10.1. The lowest BCUT2D eigenvalue weighted by molar-refractivity contribution is 0.368. The zero-order chi connectivity index (χ0) is 13.1. The van der Waals surface area contributed by atoms with Crippen LogP contribution >= 0.6 is 0 Å². The van der Waals surface area contributed by atoms with E-state index < -0.39 is 0 Å². The van der Waals surface area contributed by atoms with Gasteiger partial charge < -0.3 is 19.7 Å². The highest BCUT2D eigenvalue weighted by atomic mass is 16.5. The average Bonchev–Trinajstić information content (AvgIpc) is 2.87. The molecule has 1 heterocycles. The fourth-order valence-corrected chi connectivity index (χ4v) is 1.64. The number of ether oxygens (including phenoxy) is 2. The van der Waals surface area contributed by atoms with Gasteiger partial charge in [0, 0.05) is 17.7 Å². The molecule has 1 aromatic carbocycles. The first-order chi connectivity index (χ1) is 8.65. The summed E-state index contributed by atoms with van der Waals surface area (Å²) in [6, 6.07) is 7.15. The number of rotatable bonds is 4. The summed E-state index contributed by atoms with van der Waals surface area (Å²) in [5, 5.41) is 4.00. The molecule has 5 heteroatoms. The molecule has 0 saturated carbocycles. The predicted octanol–water partition coefficient (Wildman–Crippen LogP) is 2.38. The smallest absolute Gasteiger partial charge is 0.153 e. The SMILES string of the molecule is COc1ccc(-c2cc(C(C)N)on2)c(OC)c1. The molecule has 0 bridgehead atoms. The van der Waals surface area contributed by atoms with Crippen molar-refractivity contribution < 1.29 is 14.0 Å². The van der Waals surface area contributed by atoms with Crippen molar-refractivity contribution in [3.8, 4) is 22.8 Å². The highest BCUT2D eigenvalue weighted by Crippen LogP contribution is 2.33. The molecule has 0 fully saturated rings. The quantitative estimate of drug-likeness (QED) is 0.899. The number of methoxy groups -OCH3 is 2. The van der Waals surface area contributed by atoms with Crippen LogP contribution in [0.3, 0.4) is 0 Å². The molecular formula is C13H16N2O3. The first-order valence-electron chi connectivity index (χ1n) is 5.60. The minimum Gasteiger partial charge on any atom is -0.497 e. The first-order valence-corrected chi connectivity index (χ1v) is 5.60. The fourth-order valence-electron chi connectivity index (χ4n) is 1.64. The fraction of sp³-hybridized carbons (Fsp3) is 0.308. The molecule has 0 aliphatic rings. The van der Waals surface area contributed by atoms with E-state index in [1.54, 1.807) is 20.3 Å². The van der Waals surface area contributed by atoms with Gasteiger partial charge in [0.05, 0.1) is 20.3 Å². The second kappa shape index (κ2) is 5.10. The molecule has 18 heavy (non-hydrogen) atoms. The molecule has 0 radical (unpaired) electrons. The van der Waals surface area contributed by atoms with Crippen LogP contribution in [0.4, 0.5) is 0 Å². The molecule has 2 N–H and O–H groups in total. The Bertz CT molecular complexity index is 535. The summed E-state index contributed by atoms with van der Waals surface area (Å²) in [7, 11) is 3.21. The van der Waals surface area contributed by atoms with Crippen molar-refractivity contribution in [1.82, 2.24) is 5.16 Å². The van der Waals surface area contributed by atoms with E-state index in [9.17, 15) is 0 Å². The molecule has 96 valence electrons. The van der Waals surface area contributed by atoms with Gasteiger partial charge in [0.1, 0.15) is 17.2 Å². The number of nitrogens with zero attached hydrogens (tertiary/aromatic N) is 1. The van der Waals surface area contributed by atoms with Crippen molar-refractivity contribution >= 4 is 0 Å². The Labute approximate surface area is 105 Å². The van der Waals surface area contributed by atoms with Gasteiger partial charge in [0.25, 0.3) is 0 Å². The predicted molar refractivity (Wildman–Crippen MR) is 67.6 cm³/mol. The second-order valence-electron chi connectivity index (χ2n) is 3.97. The molecule has 2 rings (SSSR count). The Morgan fingerprint density at radius 2 is 2.00 bits per heavy atom. The monoisotopic (exact) mass is 248 g/mol. The van der Waals surface area contributed by atoms with Crippen molar-refractivity contribution in [2.24, 2.45) is 5.73 Å². The topological polar surface area (TPSA) is 70.5 Å². The molecule has 0 amide bonds. The summed E-state index contributed by atoms with van der Waals surface area (Å²) < 4.78 is 15.6. The van der Waals surface area contributed by atoms with Crippen molar-refractivity contribution in [1.29, 1.82) is 0 Å². The van der Waals surface area contributed by atoms with Gasteiger partial charge in [-0.2, -0.15) is 0 Å². The lowest BCUT2D eigenvalue weighted by Gasteiger charge is -2.07. The largest absolute Gasteiger partial charge is 0.497 e. The maximum Gasteiger partial charge on any atom is 0.153 e. The third-order valence-electron chi connectivity index (χ3n) is 2.66. The van der Waals surface area contributed by atoms with Gasteiger partial charge in [-0.1, -0.05) is 5.16 Å². The highest BCUT2D eigenvalue weighted by molar-refractivity contribution is 5.68. The minimum absolute atomic E-state index is 0.185. The Morgan fingerprint density at radius 1 is 1.22 bits per heavy atom.